The Morgan fingerprint density at radius 1 is 1.35 bits per heavy atom. The molecule has 2 amide bonds. The summed E-state index contributed by atoms with van der Waals surface area (Å²) < 4.78 is 0. The number of anilines is 2. The molecule has 106 valence electrons. The van der Waals surface area contributed by atoms with Crippen molar-refractivity contribution in [3.63, 3.8) is 0 Å². The molecule has 0 radical (unpaired) electrons. The van der Waals surface area contributed by atoms with Crippen molar-refractivity contribution >= 4 is 34.8 Å². The first-order valence-corrected chi connectivity index (χ1v) is 6.66. The van der Waals surface area contributed by atoms with Crippen LogP contribution in [0, 0.1) is 0 Å². The molecule has 2 N–H and O–H groups in total. The molecule has 0 aromatic heterocycles. The van der Waals surface area contributed by atoms with Crippen molar-refractivity contribution in [1.82, 2.24) is 4.90 Å². The molecule has 3 rings (SSSR count). The lowest BCUT2D eigenvalue weighted by molar-refractivity contribution is -0.129. The number of nitrogens with one attached hydrogen (secondary N) is 1. The second-order valence-electron chi connectivity index (χ2n) is 5.02. The highest BCUT2D eigenvalue weighted by atomic mass is 35.5. The van der Waals surface area contributed by atoms with Crippen LogP contribution < -0.4 is 10.2 Å². The summed E-state index contributed by atoms with van der Waals surface area (Å²) in [6.45, 7) is 1.56. The number of fused-ring (bicyclic) bond motifs is 1. The highest BCUT2D eigenvalue weighted by Gasteiger charge is 2.31. The summed E-state index contributed by atoms with van der Waals surface area (Å²) in [5.74, 6) is -0.431. The van der Waals surface area contributed by atoms with Gasteiger partial charge < -0.3 is 20.2 Å². The topological polar surface area (TPSA) is 72.9 Å². The fourth-order valence-corrected chi connectivity index (χ4v) is 2.75. The third-order valence-corrected chi connectivity index (χ3v) is 4.02. The van der Waals surface area contributed by atoms with Crippen molar-refractivity contribution in [2.24, 2.45) is 0 Å². The summed E-state index contributed by atoms with van der Waals surface area (Å²) in [5.41, 5.74) is 1.72. The summed E-state index contributed by atoms with van der Waals surface area (Å²) in [4.78, 5) is 26.8. The highest BCUT2D eigenvalue weighted by Crippen LogP contribution is 2.39. The van der Waals surface area contributed by atoms with Crippen LogP contribution in [0.5, 0.6) is 0 Å². The minimum Gasteiger partial charge on any atom is -0.378 e. The Labute approximate surface area is 120 Å². The van der Waals surface area contributed by atoms with Gasteiger partial charge in [-0.05, 0) is 12.1 Å². The van der Waals surface area contributed by atoms with Crippen LogP contribution in [0.2, 0.25) is 5.02 Å². The van der Waals surface area contributed by atoms with Gasteiger partial charge in [0, 0.05) is 31.4 Å². The van der Waals surface area contributed by atoms with Crippen LogP contribution in [0.1, 0.15) is 11.7 Å². The average molecular weight is 296 g/mol. The van der Waals surface area contributed by atoms with Gasteiger partial charge in [-0.15, -0.1) is 0 Å². The van der Waals surface area contributed by atoms with Crippen LogP contribution in [0.25, 0.3) is 0 Å². The van der Waals surface area contributed by atoms with Gasteiger partial charge in [0.1, 0.15) is 0 Å². The smallest absolute Gasteiger partial charge is 0.257 e. The fraction of sp³-hybridized carbons (Fsp3) is 0.385. The van der Waals surface area contributed by atoms with Crippen molar-refractivity contribution < 1.29 is 14.7 Å². The van der Waals surface area contributed by atoms with E-state index in [0.29, 0.717) is 35.1 Å². The number of carbonyl (C=O) groups excluding carboxylic acids is 2. The van der Waals surface area contributed by atoms with Crippen LogP contribution in [0.4, 0.5) is 11.4 Å². The molecule has 6 nitrogen and oxygen atoms in total. The van der Waals surface area contributed by atoms with Crippen molar-refractivity contribution in [1.29, 1.82) is 0 Å². The number of aliphatic hydroxyl groups excluding tert-OH is 1. The van der Waals surface area contributed by atoms with Gasteiger partial charge in [-0.3, -0.25) is 9.59 Å². The van der Waals surface area contributed by atoms with E-state index in [1.807, 2.05) is 4.90 Å². The van der Waals surface area contributed by atoms with E-state index in [0.717, 1.165) is 0 Å². The molecule has 2 aliphatic rings. The molecule has 2 aliphatic heterocycles. The predicted molar refractivity (Wildman–Crippen MR) is 74.9 cm³/mol. The van der Waals surface area contributed by atoms with Crippen molar-refractivity contribution in [2.45, 2.75) is 6.10 Å². The Bertz CT molecular complexity index is 605. The van der Waals surface area contributed by atoms with E-state index < -0.39 is 12.0 Å². The van der Waals surface area contributed by atoms with E-state index in [4.69, 9.17) is 11.6 Å². The van der Waals surface area contributed by atoms with Crippen LogP contribution in [-0.2, 0) is 9.59 Å². The van der Waals surface area contributed by atoms with E-state index >= 15 is 0 Å². The molecule has 0 spiro atoms. The lowest BCUT2D eigenvalue weighted by Gasteiger charge is -2.34. The Kier molecular flexibility index (Phi) is 3.07. The van der Waals surface area contributed by atoms with E-state index in [-0.39, 0.29) is 12.5 Å². The standard InChI is InChI=1S/C13H14ClN3O3/c1-16-2-3-17(6-11(16)18)10-5-9-7(4-8(10)14)12(19)13(20)15-9/h4-5,12,19H,2-3,6H2,1H3,(H,15,20). The lowest BCUT2D eigenvalue weighted by Crippen LogP contribution is -2.48. The van der Waals surface area contributed by atoms with Crippen molar-refractivity contribution in [2.75, 3.05) is 36.9 Å². The molecular formula is C13H14ClN3O3. The van der Waals surface area contributed by atoms with Crippen LogP contribution in [-0.4, -0.2) is 48.5 Å². The van der Waals surface area contributed by atoms with Gasteiger partial charge in [-0.1, -0.05) is 11.6 Å². The maximum atomic E-state index is 11.8. The molecule has 0 saturated carbocycles. The number of carbonyl (C=O) groups is 2. The van der Waals surface area contributed by atoms with Crippen LogP contribution in [0.15, 0.2) is 12.1 Å². The molecule has 1 fully saturated rings. The number of piperazine rings is 1. The zero-order chi connectivity index (χ0) is 14.4. The zero-order valence-electron chi connectivity index (χ0n) is 10.9. The maximum Gasteiger partial charge on any atom is 0.257 e. The number of amides is 2. The average Bonchev–Trinajstić information content (AvgIpc) is 2.68. The third-order valence-electron chi connectivity index (χ3n) is 3.72. The monoisotopic (exact) mass is 295 g/mol. The van der Waals surface area contributed by atoms with E-state index in [2.05, 4.69) is 5.32 Å². The quantitative estimate of drug-likeness (QED) is 0.796. The number of halogens is 1. The second kappa shape index (κ2) is 4.64. The first-order chi connectivity index (χ1) is 9.47. The van der Waals surface area contributed by atoms with Gasteiger partial charge in [-0.2, -0.15) is 0 Å². The highest BCUT2D eigenvalue weighted by molar-refractivity contribution is 6.33. The van der Waals surface area contributed by atoms with Gasteiger partial charge in [-0.25, -0.2) is 0 Å². The largest absolute Gasteiger partial charge is 0.378 e. The van der Waals surface area contributed by atoms with Crippen LogP contribution >= 0.6 is 11.6 Å². The summed E-state index contributed by atoms with van der Waals surface area (Å²) in [5, 5.41) is 12.7. The summed E-state index contributed by atoms with van der Waals surface area (Å²) >= 11 is 6.22. The van der Waals surface area contributed by atoms with Crippen molar-refractivity contribution in [3.8, 4) is 0 Å². The number of nitrogens with zero attached hydrogens (tertiary/aromatic N) is 2. The SMILES string of the molecule is CN1CCN(c2cc3c(cc2Cl)C(O)C(=O)N3)CC1=O. The maximum absolute atomic E-state index is 11.8. The summed E-state index contributed by atoms with van der Waals surface area (Å²) in [7, 11) is 1.76. The molecular weight excluding hydrogens is 282 g/mol. The predicted octanol–water partition coefficient (Wildman–Crippen LogP) is 0.604. The first kappa shape index (κ1) is 13.2. The molecule has 0 aliphatic carbocycles. The second-order valence-corrected chi connectivity index (χ2v) is 5.43. The normalized spacial score (nSPS) is 22.1. The van der Waals surface area contributed by atoms with Crippen LogP contribution in [0.3, 0.4) is 0 Å². The van der Waals surface area contributed by atoms with Gasteiger partial charge in [0.15, 0.2) is 6.10 Å². The van der Waals surface area contributed by atoms with Gasteiger partial charge in [0.25, 0.3) is 5.91 Å². The molecule has 1 atom stereocenters. The third kappa shape index (κ3) is 2.01. The van der Waals surface area contributed by atoms with E-state index in [9.17, 15) is 14.7 Å². The Morgan fingerprint density at radius 3 is 2.80 bits per heavy atom. The molecule has 1 unspecified atom stereocenters. The Hall–Kier alpha value is -1.79. The van der Waals surface area contributed by atoms with E-state index in [1.165, 1.54) is 0 Å². The number of aliphatic hydroxyl groups is 1. The minimum absolute atomic E-state index is 0.0249. The molecule has 1 aromatic carbocycles. The number of hydrogen-bond donors (Lipinski definition) is 2. The van der Waals surface area contributed by atoms with Gasteiger partial charge >= 0.3 is 0 Å². The Balaban J connectivity index is 1.94. The molecule has 2 heterocycles. The molecule has 7 heteroatoms. The minimum atomic E-state index is -1.18. The summed E-state index contributed by atoms with van der Waals surface area (Å²) in [6.07, 6.45) is -1.18. The van der Waals surface area contributed by atoms with E-state index in [1.54, 1.807) is 24.1 Å². The number of benzene rings is 1. The molecule has 1 aromatic rings. The first-order valence-electron chi connectivity index (χ1n) is 6.28. The number of rotatable bonds is 1. The zero-order valence-corrected chi connectivity index (χ0v) is 11.6. The molecule has 20 heavy (non-hydrogen) atoms. The molecule has 0 bridgehead atoms. The lowest BCUT2D eigenvalue weighted by atomic mass is 10.1. The molecule has 1 saturated heterocycles. The fourth-order valence-electron chi connectivity index (χ4n) is 2.46. The summed E-state index contributed by atoms with van der Waals surface area (Å²) in [6, 6.07) is 3.29. The number of hydrogen-bond acceptors (Lipinski definition) is 4. The van der Waals surface area contributed by atoms with Gasteiger partial charge in [0.2, 0.25) is 5.91 Å². The Morgan fingerprint density at radius 2 is 2.10 bits per heavy atom. The van der Waals surface area contributed by atoms with Gasteiger partial charge in [0.05, 0.1) is 17.3 Å². The van der Waals surface area contributed by atoms with Crippen molar-refractivity contribution in [3.05, 3.63) is 22.7 Å². The number of likely N-dealkylation sites (N-methyl/N-ethyl adjacent to an activating group) is 1.